The second kappa shape index (κ2) is 5.25. The van der Waals surface area contributed by atoms with Crippen molar-refractivity contribution in [2.75, 3.05) is 6.54 Å². The first-order valence-corrected chi connectivity index (χ1v) is 5.56. The fourth-order valence-corrected chi connectivity index (χ4v) is 1.95. The first-order valence-electron chi connectivity index (χ1n) is 5.56. The number of amidine groups is 1. The van der Waals surface area contributed by atoms with Crippen LogP contribution in [0.15, 0.2) is 0 Å². The lowest BCUT2D eigenvalue weighted by Crippen LogP contribution is -2.36. The minimum absolute atomic E-state index is 0.505. The molecule has 2 nitrogen and oxygen atoms in total. The molecule has 1 aliphatic heterocycles. The molecule has 13 heavy (non-hydrogen) atoms. The van der Waals surface area contributed by atoms with Crippen LogP contribution in [-0.2, 0) is 0 Å². The maximum atomic E-state index is 7.94. The predicted molar refractivity (Wildman–Crippen MR) is 57.3 cm³/mol. The summed E-state index contributed by atoms with van der Waals surface area (Å²) in [4.78, 5) is 2.26. The largest absolute Gasteiger partial charge is 0.358 e. The SMILES string of the molecule is CC(C)N1CCCCCCCC1=N. The summed E-state index contributed by atoms with van der Waals surface area (Å²) in [5, 5.41) is 7.94. The first-order chi connectivity index (χ1) is 6.22. The third-order valence-electron chi connectivity index (χ3n) is 2.78. The smallest absolute Gasteiger partial charge is 0.0959 e. The molecule has 0 bridgehead atoms. The van der Waals surface area contributed by atoms with Crippen molar-refractivity contribution in [2.24, 2.45) is 0 Å². The molecule has 1 fully saturated rings. The standard InChI is InChI=1S/C11H22N2/c1-10(2)13-9-7-5-3-4-6-8-11(13)12/h10,12H,3-9H2,1-2H3. The Hall–Kier alpha value is -0.530. The van der Waals surface area contributed by atoms with Gasteiger partial charge in [0.25, 0.3) is 0 Å². The van der Waals surface area contributed by atoms with Gasteiger partial charge < -0.3 is 4.90 Å². The van der Waals surface area contributed by atoms with Gasteiger partial charge >= 0.3 is 0 Å². The summed E-state index contributed by atoms with van der Waals surface area (Å²) in [6, 6.07) is 0.505. The molecule has 0 aromatic heterocycles. The molecule has 1 N–H and O–H groups in total. The molecule has 0 unspecified atom stereocenters. The average molecular weight is 182 g/mol. The molecule has 2 heteroatoms. The molecule has 0 radical (unpaired) electrons. The number of nitrogens with zero attached hydrogens (tertiary/aromatic N) is 1. The summed E-state index contributed by atoms with van der Waals surface area (Å²) in [5.74, 6) is 0.858. The van der Waals surface area contributed by atoms with Crippen molar-refractivity contribution in [1.82, 2.24) is 4.90 Å². The van der Waals surface area contributed by atoms with Gasteiger partial charge in [0.15, 0.2) is 0 Å². The molecule has 0 aromatic carbocycles. The molecule has 0 saturated carbocycles. The van der Waals surface area contributed by atoms with E-state index in [-0.39, 0.29) is 0 Å². The van der Waals surface area contributed by atoms with Gasteiger partial charge in [-0.3, -0.25) is 5.41 Å². The Morgan fingerprint density at radius 2 is 1.69 bits per heavy atom. The van der Waals surface area contributed by atoms with Gasteiger partial charge in [-0.05, 0) is 26.7 Å². The molecule has 0 atom stereocenters. The summed E-state index contributed by atoms with van der Waals surface area (Å²) in [7, 11) is 0. The molecule has 0 aliphatic carbocycles. The fourth-order valence-electron chi connectivity index (χ4n) is 1.95. The molecule has 1 aliphatic rings. The van der Waals surface area contributed by atoms with Crippen molar-refractivity contribution in [2.45, 2.75) is 58.4 Å². The number of rotatable bonds is 1. The highest BCUT2D eigenvalue weighted by Gasteiger charge is 2.13. The van der Waals surface area contributed by atoms with Crippen LogP contribution in [0.3, 0.4) is 0 Å². The van der Waals surface area contributed by atoms with E-state index >= 15 is 0 Å². The minimum Gasteiger partial charge on any atom is -0.358 e. The Balaban J connectivity index is 2.50. The highest BCUT2D eigenvalue weighted by molar-refractivity contribution is 5.79. The van der Waals surface area contributed by atoms with Crippen LogP contribution in [0, 0.1) is 5.41 Å². The molecule has 1 saturated heterocycles. The average Bonchev–Trinajstić information content (AvgIpc) is 2.16. The van der Waals surface area contributed by atoms with Crippen LogP contribution >= 0.6 is 0 Å². The molecule has 0 aromatic rings. The van der Waals surface area contributed by atoms with E-state index < -0.39 is 0 Å². The molecule has 1 rings (SSSR count). The summed E-state index contributed by atoms with van der Waals surface area (Å²) in [6.07, 6.45) is 7.48. The number of hydrogen-bond acceptors (Lipinski definition) is 1. The summed E-state index contributed by atoms with van der Waals surface area (Å²) in [6.45, 7) is 5.47. The Bertz CT molecular complexity index is 163. The van der Waals surface area contributed by atoms with Crippen molar-refractivity contribution >= 4 is 5.84 Å². The summed E-state index contributed by atoms with van der Waals surface area (Å²) < 4.78 is 0. The molecular weight excluding hydrogens is 160 g/mol. The van der Waals surface area contributed by atoms with Gasteiger partial charge in [0.2, 0.25) is 0 Å². The number of nitrogens with one attached hydrogen (secondary N) is 1. The van der Waals surface area contributed by atoms with Gasteiger partial charge in [0.1, 0.15) is 0 Å². The van der Waals surface area contributed by atoms with E-state index in [0.717, 1.165) is 18.8 Å². The van der Waals surface area contributed by atoms with Crippen LogP contribution in [-0.4, -0.2) is 23.3 Å². The Kier molecular flexibility index (Phi) is 4.26. The lowest BCUT2D eigenvalue weighted by Gasteiger charge is -2.28. The van der Waals surface area contributed by atoms with Crippen molar-refractivity contribution in [3.8, 4) is 0 Å². The van der Waals surface area contributed by atoms with E-state index in [1.165, 1.54) is 32.1 Å². The molecule has 0 amide bonds. The third kappa shape index (κ3) is 3.37. The van der Waals surface area contributed by atoms with Gasteiger partial charge in [0, 0.05) is 19.0 Å². The van der Waals surface area contributed by atoms with Gasteiger partial charge in [-0.25, -0.2) is 0 Å². The topological polar surface area (TPSA) is 27.1 Å². The van der Waals surface area contributed by atoms with Gasteiger partial charge in [0.05, 0.1) is 5.84 Å². The van der Waals surface area contributed by atoms with E-state index in [0.29, 0.717) is 6.04 Å². The van der Waals surface area contributed by atoms with Crippen LogP contribution < -0.4 is 0 Å². The second-order valence-corrected chi connectivity index (χ2v) is 4.25. The van der Waals surface area contributed by atoms with E-state index in [9.17, 15) is 0 Å². The van der Waals surface area contributed by atoms with Gasteiger partial charge in [-0.1, -0.05) is 19.3 Å². The molecule has 76 valence electrons. The zero-order chi connectivity index (χ0) is 9.68. The minimum atomic E-state index is 0.505. The van der Waals surface area contributed by atoms with Crippen LogP contribution in [0.1, 0.15) is 52.4 Å². The normalized spacial score (nSPS) is 21.2. The van der Waals surface area contributed by atoms with Crippen LogP contribution in [0.5, 0.6) is 0 Å². The van der Waals surface area contributed by atoms with Gasteiger partial charge in [-0.2, -0.15) is 0 Å². The summed E-state index contributed by atoms with van der Waals surface area (Å²) >= 11 is 0. The maximum Gasteiger partial charge on any atom is 0.0959 e. The highest BCUT2D eigenvalue weighted by atomic mass is 15.2. The monoisotopic (exact) mass is 182 g/mol. The van der Waals surface area contributed by atoms with Crippen molar-refractivity contribution in [3.63, 3.8) is 0 Å². The summed E-state index contributed by atoms with van der Waals surface area (Å²) in [5.41, 5.74) is 0. The lowest BCUT2D eigenvalue weighted by atomic mass is 10.1. The zero-order valence-corrected chi connectivity index (χ0v) is 8.97. The van der Waals surface area contributed by atoms with Crippen LogP contribution in [0.4, 0.5) is 0 Å². The lowest BCUT2D eigenvalue weighted by molar-refractivity contribution is 0.335. The third-order valence-corrected chi connectivity index (χ3v) is 2.78. The van der Waals surface area contributed by atoms with E-state index in [1.54, 1.807) is 0 Å². The Morgan fingerprint density at radius 3 is 2.38 bits per heavy atom. The quantitative estimate of drug-likeness (QED) is 0.663. The fraction of sp³-hybridized carbons (Fsp3) is 0.909. The van der Waals surface area contributed by atoms with Crippen LogP contribution in [0.25, 0.3) is 0 Å². The van der Waals surface area contributed by atoms with E-state index in [1.807, 2.05) is 0 Å². The van der Waals surface area contributed by atoms with E-state index in [4.69, 9.17) is 5.41 Å². The molecule has 0 spiro atoms. The van der Waals surface area contributed by atoms with E-state index in [2.05, 4.69) is 18.7 Å². The zero-order valence-electron chi connectivity index (χ0n) is 8.97. The van der Waals surface area contributed by atoms with Crippen molar-refractivity contribution in [1.29, 1.82) is 5.41 Å². The Labute approximate surface area is 81.8 Å². The van der Waals surface area contributed by atoms with Crippen molar-refractivity contribution < 1.29 is 0 Å². The molecular formula is C11H22N2. The predicted octanol–water partition coefficient (Wildman–Crippen LogP) is 3.03. The second-order valence-electron chi connectivity index (χ2n) is 4.25. The molecule has 1 heterocycles. The van der Waals surface area contributed by atoms with Crippen LogP contribution in [0.2, 0.25) is 0 Å². The number of hydrogen-bond donors (Lipinski definition) is 1. The maximum absolute atomic E-state index is 7.94. The van der Waals surface area contributed by atoms with Crippen molar-refractivity contribution in [3.05, 3.63) is 0 Å². The Morgan fingerprint density at radius 1 is 1.08 bits per heavy atom. The highest BCUT2D eigenvalue weighted by Crippen LogP contribution is 2.14. The first kappa shape index (κ1) is 10.6. The van der Waals surface area contributed by atoms with Gasteiger partial charge in [-0.15, -0.1) is 0 Å².